The Bertz CT molecular complexity index is 178. The highest BCUT2D eigenvalue weighted by molar-refractivity contribution is 4.87. The second-order valence-corrected chi connectivity index (χ2v) is 6.27. The molecule has 0 aromatic heterocycles. The van der Waals surface area contributed by atoms with Gasteiger partial charge in [0.15, 0.2) is 0 Å². The molecule has 0 radical (unpaired) electrons. The summed E-state index contributed by atoms with van der Waals surface area (Å²) in [5.41, 5.74) is 0.367. The third kappa shape index (κ3) is 2.73. The Morgan fingerprint density at radius 2 is 1.71 bits per heavy atom. The molecule has 0 aromatic carbocycles. The van der Waals surface area contributed by atoms with Crippen LogP contribution in [0.15, 0.2) is 0 Å². The minimum atomic E-state index is 0.367. The predicted molar refractivity (Wildman–Crippen MR) is 63.4 cm³/mol. The highest BCUT2D eigenvalue weighted by Gasteiger charge is 2.33. The molecule has 1 saturated heterocycles. The first-order valence-electron chi connectivity index (χ1n) is 6.07. The maximum atomic E-state index is 2.64. The lowest BCUT2D eigenvalue weighted by atomic mass is 9.84. The van der Waals surface area contributed by atoms with Crippen molar-refractivity contribution in [3.05, 3.63) is 0 Å². The van der Waals surface area contributed by atoms with E-state index in [9.17, 15) is 0 Å². The van der Waals surface area contributed by atoms with E-state index in [2.05, 4.69) is 46.4 Å². The molecule has 14 heavy (non-hydrogen) atoms. The lowest BCUT2D eigenvalue weighted by Crippen LogP contribution is -2.40. The lowest BCUT2D eigenvalue weighted by Gasteiger charge is -2.32. The van der Waals surface area contributed by atoms with Gasteiger partial charge in [-0.3, -0.25) is 4.90 Å². The maximum absolute atomic E-state index is 2.64. The van der Waals surface area contributed by atoms with Gasteiger partial charge in [0.05, 0.1) is 0 Å². The van der Waals surface area contributed by atoms with Crippen LogP contribution in [-0.2, 0) is 0 Å². The van der Waals surface area contributed by atoms with Crippen LogP contribution < -0.4 is 0 Å². The molecular weight excluding hydrogens is 170 g/mol. The normalized spacial score (nSPS) is 27.2. The van der Waals surface area contributed by atoms with Crippen molar-refractivity contribution < 1.29 is 0 Å². The minimum Gasteiger partial charge on any atom is -0.298 e. The molecule has 0 N–H and O–H groups in total. The second-order valence-electron chi connectivity index (χ2n) is 6.27. The Kier molecular flexibility index (Phi) is 3.63. The molecule has 84 valence electrons. The summed E-state index contributed by atoms with van der Waals surface area (Å²) in [5.74, 6) is 2.64. The van der Waals surface area contributed by atoms with E-state index >= 15 is 0 Å². The largest absolute Gasteiger partial charge is 0.298 e. The molecular formula is C13H27N. The van der Waals surface area contributed by atoms with Crippen molar-refractivity contribution >= 4 is 0 Å². The Hall–Kier alpha value is -0.0400. The number of rotatable bonds is 2. The summed E-state index contributed by atoms with van der Waals surface area (Å²) in [4.78, 5) is 2.64. The van der Waals surface area contributed by atoms with Gasteiger partial charge in [-0.2, -0.15) is 0 Å². The fraction of sp³-hybridized carbons (Fsp3) is 1.00. The molecule has 0 saturated carbocycles. The maximum Gasteiger partial charge on any atom is 0.0125 e. The average molecular weight is 197 g/mol. The smallest absolute Gasteiger partial charge is 0.0125 e. The first-order valence-corrected chi connectivity index (χ1v) is 6.07. The zero-order valence-corrected chi connectivity index (χ0v) is 10.8. The summed E-state index contributed by atoms with van der Waals surface area (Å²) in [6, 6.07) is 0. The van der Waals surface area contributed by atoms with Crippen LogP contribution in [0.3, 0.4) is 0 Å². The number of hydrogen-bond donors (Lipinski definition) is 0. The SMILES string of the molecule is CC(C)[C@H](C)C1CCN(C(C)(C)C)C1. The molecule has 1 heteroatoms. The van der Waals surface area contributed by atoms with E-state index in [1.165, 1.54) is 19.5 Å². The molecule has 2 atom stereocenters. The first-order chi connectivity index (χ1) is 6.32. The van der Waals surface area contributed by atoms with E-state index in [0.717, 1.165) is 17.8 Å². The molecule has 1 unspecified atom stereocenters. The summed E-state index contributed by atoms with van der Waals surface area (Å²) in [7, 11) is 0. The van der Waals surface area contributed by atoms with E-state index in [1.807, 2.05) is 0 Å². The van der Waals surface area contributed by atoms with Gasteiger partial charge in [-0.15, -0.1) is 0 Å². The second kappa shape index (κ2) is 4.22. The van der Waals surface area contributed by atoms with E-state index in [0.29, 0.717) is 5.54 Å². The lowest BCUT2D eigenvalue weighted by molar-refractivity contribution is 0.156. The van der Waals surface area contributed by atoms with E-state index in [-0.39, 0.29) is 0 Å². The highest BCUT2D eigenvalue weighted by atomic mass is 15.2. The van der Waals surface area contributed by atoms with Crippen LogP contribution in [0, 0.1) is 17.8 Å². The van der Waals surface area contributed by atoms with Crippen molar-refractivity contribution in [2.45, 2.75) is 53.5 Å². The topological polar surface area (TPSA) is 3.24 Å². The standard InChI is InChI=1S/C13H27N/c1-10(2)11(3)12-7-8-14(9-12)13(4,5)6/h10-12H,7-9H2,1-6H3/t11-,12?/m0/s1. The van der Waals surface area contributed by atoms with Crippen molar-refractivity contribution in [3.8, 4) is 0 Å². The number of hydrogen-bond acceptors (Lipinski definition) is 1. The fourth-order valence-corrected chi connectivity index (χ4v) is 2.37. The summed E-state index contributed by atoms with van der Waals surface area (Å²) >= 11 is 0. The van der Waals surface area contributed by atoms with Crippen molar-refractivity contribution in [1.29, 1.82) is 0 Å². The third-order valence-electron chi connectivity index (χ3n) is 3.97. The van der Waals surface area contributed by atoms with Gasteiger partial charge >= 0.3 is 0 Å². The molecule has 0 aliphatic carbocycles. The minimum absolute atomic E-state index is 0.367. The van der Waals surface area contributed by atoms with Crippen LogP contribution in [-0.4, -0.2) is 23.5 Å². The van der Waals surface area contributed by atoms with Gasteiger partial charge in [-0.05, 0) is 51.5 Å². The Labute approximate surface area is 89.9 Å². The van der Waals surface area contributed by atoms with Crippen molar-refractivity contribution in [2.75, 3.05) is 13.1 Å². The summed E-state index contributed by atoms with van der Waals surface area (Å²) < 4.78 is 0. The zero-order valence-electron chi connectivity index (χ0n) is 10.8. The molecule has 1 aliphatic heterocycles. The van der Waals surface area contributed by atoms with Gasteiger partial charge < -0.3 is 0 Å². The quantitative estimate of drug-likeness (QED) is 0.656. The fourth-order valence-electron chi connectivity index (χ4n) is 2.37. The van der Waals surface area contributed by atoms with Crippen molar-refractivity contribution in [3.63, 3.8) is 0 Å². The summed E-state index contributed by atoms with van der Waals surface area (Å²) in [5, 5.41) is 0. The Balaban J connectivity index is 2.49. The van der Waals surface area contributed by atoms with Crippen LogP contribution >= 0.6 is 0 Å². The molecule has 0 bridgehead atoms. The molecule has 0 spiro atoms. The molecule has 0 amide bonds. The van der Waals surface area contributed by atoms with E-state index in [4.69, 9.17) is 0 Å². The van der Waals surface area contributed by atoms with Gasteiger partial charge in [0.1, 0.15) is 0 Å². The van der Waals surface area contributed by atoms with Crippen LogP contribution in [0.2, 0.25) is 0 Å². The monoisotopic (exact) mass is 197 g/mol. The number of nitrogens with zero attached hydrogens (tertiary/aromatic N) is 1. The Morgan fingerprint density at radius 3 is 2.07 bits per heavy atom. The molecule has 1 fully saturated rings. The van der Waals surface area contributed by atoms with Gasteiger partial charge in [-0.25, -0.2) is 0 Å². The van der Waals surface area contributed by atoms with Crippen molar-refractivity contribution in [2.24, 2.45) is 17.8 Å². The van der Waals surface area contributed by atoms with Crippen LogP contribution in [0.1, 0.15) is 48.0 Å². The van der Waals surface area contributed by atoms with Gasteiger partial charge in [0, 0.05) is 12.1 Å². The average Bonchev–Trinajstić information content (AvgIpc) is 2.49. The van der Waals surface area contributed by atoms with Gasteiger partial charge in [0.25, 0.3) is 0 Å². The van der Waals surface area contributed by atoms with Crippen molar-refractivity contribution in [1.82, 2.24) is 4.90 Å². The van der Waals surface area contributed by atoms with E-state index < -0.39 is 0 Å². The predicted octanol–water partition coefficient (Wildman–Crippen LogP) is 3.40. The number of likely N-dealkylation sites (tertiary alicyclic amines) is 1. The van der Waals surface area contributed by atoms with Gasteiger partial charge in [-0.1, -0.05) is 20.8 Å². The van der Waals surface area contributed by atoms with Crippen LogP contribution in [0.25, 0.3) is 0 Å². The molecule has 1 rings (SSSR count). The summed E-state index contributed by atoms with van der Waals surface area (Å²) in [6.07, 6.45) is 1.40. The molecule has 1 nitrogen and oxygen atoms in total. The molecule has 0 aromatic rings. The van der Waals surface area contributed by atoms with Gasteiger partial charge in [0.2, 0.25) is 0 Å². The first kappa shape index (κ1) is 12.0. The van der Waals surface area contributed by atoms with Crippen LogP contribution in [0.5, 0.6) is 0 Å². The third-order valence-corrected chi connectivity index (χ3v) is 3.97. The van der Waals surface area contributed by atoms with Crippen LogP contribution in [0.4, 0.5) is 0 Å². The zero-order chi connectivity index (χ0) is 10.9. The summed E-state index contributed by atoms with van der Waals surface area (Å²) in [6.45, 7) is 16.7. The Morgan fingerprint density at radius 1 is 1.14 bits per heavy atom. The highest BCUT2D eigenvalue weighted by Crippen LogP contribution is 2.32. The molecule has 1 aliphatic rings. The van der Waals surface area contributed by atoms with E-state index in [1.54, 1.807) is 0 Å². The molecule has 1 heterocycles.